The number of fused-ring (bicyclic) bond motifs is 1. The maximum absolute atomic E-state index is 12.8. The van der Waals surface area contributed by atoms with Crippen LogP contribution in [0.25, 0.3) is 0 Å². The van der Waals surface area contributed by atoms with Crippen molar-refractivity contribution in [3.05, 3.63) is 33.7 Å². The zero-order valence-corrected chi connectivity index (χ0v) is 15.1. The van der Waals surface area contributed by atoms with Crippen LogP contribution in [0.4, 0.5) is 0 Å². The molecule has 1 aliphatic heterocycles. The Morgan fingerprint density at radius 3 is 2.46 bits per heavy atom. The van der Waals surface area contributed by atoms with E-state index in [4.69, 9.17) is 5.73 Å². The lowest BCUT2D eigenvalue weighted by Gasteiger charge is -2.32. The Labute approximate surface area is 150 Å². The second-order valence-corrected chi connectivity index (χ2v) is 10.0. The average molecular weight is 379 g/mol. The molecule has 9 heteroatoms. The molecule has 0 radical (unpaired) electrons. The lowest BCUT2D eigenvalue weighted by molar-refractivity contribution is 0.0695. The first-order chi connectivity index (χ1) is 12.2. The van der Waals surface area contributed by atoms with Crippen molar-refractivity contribution >= 4 is 21.7 Å². The van der Waals surface area contributed by atoms with Crippen molar-refractivity contribution in [2.75, 3.05) is 18.8 Å². The summed E-state index contributed by atoms with van der Waals surface area (Å²) in [7, 11) is -3.24. The lowest BCUT2D eigenvalue weighted by atomic mass is 10.1. The van der Waals surface area contributed by atoms with Crippen molar-refractivity contribution in [3.63, 3.8) is 0 Å². The summed E-state index contributed by atoms with van der Waals surface area (Å²) >= 11 is 0. The molecule has 2 fully saturated rings. The molecule has 0 bridgehead atoms. The van der Waals surface area contributed by atoms with Gasteiger partial charge in [0.1, 0.15) is 11.3 Å². The van der Waals surface area contributed by atoms with Gasteiger partial charge in [-0.25, -0.2) is 8.42 Å². The fourth-order valence-corrected chi connectivity index (χ4v) is 6.02. The van der Waals surface area contributed by atoms with E-state index in [0.29, 0.717) is 12.8 Å². The molecule has 2 saturated carbocycles. The van der Waals surface area contributed by atoms with Gasteiger partial charge in [-0.15, -0.1) is 0 Å². The molecule has 2 amide bonds. The number of rotatable bonds is 6. The summed E-state index contributed by atoms with van der Waals surface area (Å²) in [5.41, 5.74) is 4.62. The highest BCUT2D eigenvalue weighted by Crippen LogP contribution is 2.47. The number of pyridine rings is 1. The maximum atomic E-state index is 12.8. The Kier molecular flexibility index (Phi) is 3.76. The zero-order valence-electron chi connectivity index (χ0n) is 14.3. The zero-order chi connectivity index (χ0) is 18.7. The van der Waals surface area contributed by atoms with Gasteiger partial charge in [0.25, 0.3) is 17.4 Å². The van der Waals surface area contributed by atoms with Gasteiger partial charge in [0, 0.05) is 19.6 Å². The van der Waals surface area contributed by atoms with Crippen LogP contribution in [-0.4, -0.2) is 53.3 Å². The lowest BCUT2D eigenvalue weighted by Crippen LogP contribution is -2.50. The van der Waals surface area contributed by atoms with Crippen LogP contribution in [0, 0.1) is 5.92 Å². The van der Waals surface area contributed by atoms with Gasteiger partial charge in [0.05, 0.1) is 10.5 Å². The summed E-state index contributed by atoms with van der Waals surface area (Å²) in [6, 6.07) is 2.67. The van der Waals surface area contributed by atoms with Crippen LogP contribution >= 0.6 is 0 Å². The molecule has 0 atom stereocenters. The van der Waals surface area contributed by atoms with E-state index in [1.807, 2.05) is 0 Å². The number of hydrogen-bond acceptors (Lipinski definition) is 5. The molecular weight excluding hydrogens is 358 g/mol. The van der Waals surface area contributed by atoms with Gasteiger partial charge in [0.15, 0.2) is 9.84 Å². The normalized spacial score (nSPS) is 21.4. The first-order valence-corrected chi connectivity index (χ1v) is 10.4. The second kappa shape index (κ2) is 5.67. The van der Waals surface area contributed by atoms with Crippen LogP contribution in [0.15, 0.2) is 16.9 Å². The van der Waals surface area contributed by atoms with E-state index in [1.54, 1.807) is 0 Å². The monoisotopic (exact) mass is 379 g/mol. The minimum Gasteiger partial charge on any atom is -0.365 e. The molecule has 1 aromatic rings. The number of sulfone groups is 1. The van der Waals surface area contributed by atoms with Crippen LogP contribution in [0.2, 0.25) is 0 Å². The molecule has 2 N–H and O–H groups in total. The number of amides is 2. The molecule has 26 heavy (non-hydrogen) atoms. The quantitative estimate of drug-likeness (QED) is 0.731. The number of carbonyl (C=O) groups is 2. The first-order valence-electron chi connectivity index (χ1n) is 8.79. The summed E-state index contributed by atoms with van der Waals surface area (Å²) in [5.74, 6) is -0.714. The van der Waals surface area contributed by atoms with Crippen LogP contribution in [-0.2, 0) is 16.4 Å². The van der Waals surface area contributed by atoms with E-state index >= 15 is 0 Å². The van der Waals surface area contributed by atoms with Crippen molar-refractivity contribution in [1.82, 2.24) is 9.47 Å². The number of nitrogens with two attached hydrogens (primary N) is 1. The summed E-state index contributed by atoms with van der Waals surface area (Å²) in [6.07, 6.45) is 3.10. The Balaban J connectivity index is 1.58. The third-order valence-electron chi connectivity index (χ3n) is 5.64. The summed E-state index contributed by atoms with van der Waals surface area (Å²) in [5, 5.41) is 0. The van der Waals surface area contributed by atoms with Gasteiger partial charge in [-0.2, -0.15) is 0 Å². The van der Waals surface area contributed by atoms with Crippen LogP contribution in [0.3, 0.4) is 0 Å². The third-order valence-corrected chi connectivity index (χ3v) is 8.41. The largest absolute Gasteiger partial charge is 0.365 e. The number of primary amides is 1. The fourth-order valence-electron chi connectivity index (χ4n) is 3.64. The molecule has 0 aromatic carbocycles. The second-order valence-electron chi connectivity index (χ2n) is 7.59. The minimum atomic E-state index is -3.24. The minimum absolute atomic E-state index is 0.152. The Bertz CT molecular complexity index is 957. The molecule has 0 saturated heterocycles. The fraction of sp³-hybridized carbons (Fsp3) is 0.588. The highest BCUT2D eigenvalue weighted by atomic mass is 32.2. The van der Waals surface area contributed by atoms with Crippen LogP contribution in [0.1, 0.15) is 46.5 Å². The molecular formula is C17H21N3O5S. The van der Waals surface area contributed by atoms with Gasteiger partial charge >= 0.3 is 0 Å². The first kappa shape index (κ1) is 17.3. The smallest absolute Gasteiger partial charge is 0.270 e. The molecule has 8 nitrogen and oxygen atoms in total. The molecule has 3 aliphatic rings. The molecule has 2 aliphatic carbocycles. The molecule has 0 spiro atoms. The SMILES string of the molecule is NC(=O)c1ccc2n(c1=O)CCN(CC1(S(=O)(=O)CC3CC3)CC1)C2=O. The molecule has 1 aromatic heterocycles. The van der Waals surface area contributed by atoms with Crippen molar-refractivity contribution in [1.29, 1.82) is 0 Å². The highest BCUT2D eigenvalue weighted by molar-refractivity contribution is 7.93. The summed E-state index contributed by atoms with van der Waals surface area (Å²) < 4.78 is 25.9. The Morgan fingerprint density at radius 2 is 1.88 bits per heavy atom. The van der Waals surface area contributed by atoms with Crippen molar-refractivity contribution in [2.45, 2.75) is 37.0 Å². The number of hydrogen-bond donors (Lipinski definition) is 1. The van der Waals surface area contributed by atoms with Gasteiger partial charge in [-0.05, 0) is 43.7 Å². The molecule has 0 unspecified atom stereocenters. The van der Waals surface area contributed by atoms with E-state index in [0.717, 1.165) is 12.8 Å². The van der Waals surface area contributed by atoms with E-state index in [9.17, 15) is 22.8 Å². The summed E-state index contributed by atoms with van der Waals surface area (Å²) in [6.45, 7) is 0.640. The third kappa shape index (κ3) is 2.74. The van der Waals surface area contributed by atoms with E-state index in [1.165, 1.54) is 21.6 Å². The standard InChI is InChI=1S/C17H21N3O5S/c18-14(21)12-3-4-13-16(23)19(7-8-20(13)15(12)22)10-17(5-6-17)26(24,25)9-11-1-2-11/h3-4,11H,1-2,5-10H2,(H2,18,21). The van der Waals surface area contributed by atoms with Crippen molar-refractivity contribution in [2.24, 2.45) is 11.7 Å². The number of aromatic nitrogens is 1. The topological polar surface area (TPSA) is 120 Å². The molecule has 140 valence electrons. The number of nitrogens with zero attached hydrogens (tertiary/aromatic N) is 2. The van der Waals surface area contributed by atoms with Crippen LogP contribution < -0.4 is 11.3 Å². The van der Waals surface area contributed by atoms with E-state index < -0.39 is 26.1 Å². The van der Waals surface area contributed by atoms with Crippen molar-refractivity contribution < 1.29 is 18.0 Å². The summed E-state index contributed by atoms with van der Waals surface area (Å²) in [4.78, 5) is 37.9. The van der Waals surface area contributed by atoms with Gasteiger partial charge < -0.3 is 15.2 Å². The predicted octanol–water partition coefficient (Wildman–Crippen LogP) is -0.240. The van der Waals surface area contributed by atoms with Gasteiger partial charge in [0.2, 0.25) is 0 Å². The maximum Gasteiger partial charge on any atom is 0.270 e. The highest BCUT2D eigenvalue weighted by Gasteiger charge is 2.56. The Hall–Kier alpha value is -2.16. The van der Waals surface area contributed by atoms with Gasteiger partial charge in [-0.3, -0.25) is 14.4 Å². The predicted molar refractivity (Wildman–Crippen MR) is 93.6 cm³/mol. The molecule has 4 rings (SSSR count). The van der Waals surface area contributed by atoms with Crippen molar-refractivity contribution in [3.8, 4) is 0 Å². The van der Waals surface area contributed by atoms with Gasteiger partial charge in [-0.1, -0.05) is 0 Å². The molecule has 2 heterocycles. The average Bonchev–Trinajstić information content (AvgIpc) is 3.47. The van der Waals surface area contributed by atoms with E-state index in [2.05, 4.69) is 0 Å². The Morgan fingerprint density at radius 1 is 1.19 bits per heavy atom. The van der Waals surface area contributed by atoms with Crippen LogP contribution in [0.5, 0.6) is 0 Å². The van der Waals surface area contributed by atoms with E-state index in [-0.39, 0.29) is 48.5 Å². The number of carbonyl (C=O) groups excluding carboxylic acids is 2.